The number of fused-ring (bicyclic) bond motifs is 1. The second kappa shape index (κ2) is 3.82. The van der Waals surface area contributed by atoms with Crippen LogP contribution in [0.4, 0.5) is 0 Å². The molecule has 2 aromatic rings. The van der Waals surface area contributed by atoms with Gasteiger partial charge in [-0.1, -0.05) is 12.1 Å². The van der Waals surface area contributed by atoms with Gasteiger partial charge in [0, 0.05) is 29.2 Å². The summed E-state index contributed by atoms with van der Waals surface area (Å²) in [5.74, 6) is -0.0680. The predicted molar refractivity (Wildman–Crippen MR) is 65.6 cm³/mol. The molecule has 0 bridgehead atoms. The third kappa shape index (κ3) is 1.87. The molecule has 0 radical (unpaired) electrons. The summed E-state index contributed by atoms with van der Waals surface area (Å²) in [6.07, 6.45) is 2.59. The molecule has 3 N–H and O–H groups in total. The van der Waals surface area contributed by atoms with E-state index in [2.05, 4.69) is 10.3 Å². The summed E-state index contributed by atoms with van der Waals surface area (Å²) in [5, 5.41) is 3.80. The number of nitrogens with zero attached hydrogens (tertiary/aromatic N) is 1. The summed E-state index contributed by atoms with van der Waals surface area (Å²) in [5.41, 5.74) is 7.17. The molecule has 1 fully saturated rings. The molecule has 1 aromatic heterocycles. The zero-order valence-electron chi connectivity index (χ0n) is 9.26. The van der Waals surface area contributed by atoms with Crippen molar-refractivity contribution in [1.82, 2.24) is 10.3 Å². The summed E-state index contributed by atoms with van der Waals surface area (Å²) in [6.45, 7) is 0. The molecule has 0 spiro atoms. The van der Waals surface area contributed by atoms with Crippen molar-refractivity contribution in [2.24, 2.45) is 5.73 Å². The fourth-order valence-electron chi connectivity index (χ4n) is 1.93. The number of amides is 1. The molecular weight excluding hydrogens is 214 g/mol. The standard InChI is InChI=1S/C13H13N3O/c14-10-7-12(10)16-13(17)9-3-1-5-11-8(9)4-2-6-15-11/h1-6,10,12H,7,14H2,(H,16,17). The molecule has 86 valence electrons. The number of carbonyl (C=O) groups excluding carboxylic acids is 1. The van der Waals surface area contributed by atoms with E-state index in [1.165, 1.54) is 0 Å². The number of hydrogen-bond donors (Lipinski definition) is 2. The first-order chi connectivity index (χ1) is 8.25. The van der Waals surface area contributed by atoms with Crippen LogP contribution in [0.15, 0.2) is 36.5 Å². The fraction of sp³-hybridized carbons (Fsp3) is 0.231. The molecule has 1 aromatic carbocycles. The van der Waals surface area contributed by atoms with Crippen molar-refractivity contribution < 1.29 is 4.79 Å². The Bertz CT molecular complexity index is 576. The molecule has 3 rings (SSSR count). The van der Waals surface area contributed by atoms with Crippen LogP contribution >= 0.6 is 0 Å². The van der Waals surface area contributed by atoms with Crippen molar-refractivity contribution in [1.29, 1.82) is 0 Å². The van der Waals surface area contributed by atoms with Crippen LogP contribution in [0, 0.1) is 0 Å². The molecule has 1 heterocycles. The Kier molecular flexibility index (Phi) is 2.30. The lowest BCUT2D eigenvalue weighted by molar-refractivity contribution is 0.0952. The number of benzene rings is 1. The van der Waals surface area contributed by atoms with Crippen LogP contribution in [0.3, 0.4) is 0 Å². The highest BCUT2D eigenvalue weighted by atomic mass is 16.1. The summed E-state index contributed by atoms with van der Waals surface area (Å²) < 4.78 is 0. The van der Waals surface area contributed by atoms with Crippen LogP contribution in [0.25, 0.3) is 10.9 Å². The van der Waals surface area contributed by atoms with Crippen LogP contribution < -0.4 is 11.1 Å². The second-order valence-corrected chi connectivity index (χ2v) is 4.36. The van der Waals surface area contributed by atoms with Gasteiger partial charge in [0.25, 0.3) is 5.91 Å². The largest absolute Gasteiger partial charge is 0.348 e. The third-order valence-corrected chi connectivity index (χ3v) is 3.05. The van der Waals surface area contributed by atoms with Gasteiger partial charge in [0.15, 0.2) is 0 Å². The number of hydrogen-bond acceptors (Lipinski definition) is 3. The van der Waals surface area contributed by atoms with Gasteiger partial charge in [0.1, 0.15) is 0 Å². The summed E-state index contributed by atoms with van der Waals surface area (Å²) in [7, 11) is 0. The van der Waals surface area contributed by atoms with E-state index in [0.29, 0.717) is 5.56 Å². The van der Waals surface area contributed by atoms with Crippen molar-refractivity contribution in [3.05, 3.63) is 42.1 Å². The highest BCUT2D eigenvalue weighted by Crippen LogP contribution is 2.21. The highest BCUT2D eigenvalue weighted by Gasteiger charge is 2.35. The molecule has 1 aliphatic carbocycles. The Morgan fingerprint density at radius 2 is 2.18 bits per heavy atom. The lowest BCUT2D eigenvalue weighted by Gasteiger charge is -2.06. The minimum Gasteiger partial charge on any atom is -0.348 e. The topological polar surface area (TPSA) is 68.0 Å². The smallest absolute Gasteiger partial charge is 0.252 e. The minimum absolute atomic E-state index is 0.0680. The summed E-state index contributed by atoms with van der Waals surface area (Å²) in [4.78, 5) is 16.3. The fourth-order valence-corrected chi connectivity index (χ4v) is 1.93. The Hall–Kier alpha value is -1.94. The molecule has 1 aliphatic rings. The van der Waals surface area contributed by atoms with Gasteiger partial charge in [0.05, 0.1) is 5.52 Å². The maximum Gasteiger partial charge on any atom is 0.252 e. The number of aromatic nitrogens is 1. The quantitative estimate of drug-likeness (QED) is 0.806. The van der Waals surface area contributed by atoms with Gasteiger partial charge in [-0.25, -0.2) is 0 Å². The Morgan fingerprint density at radius 3 is 2.94 bits per heavy atom. The molecule has 2 atom stereocenters. The SMILES string of the molecule is NC1CC1NC(=O)c1cccc2ncccc12. The van der Waals surface area contributed by atoms with E-state index in [1.54, 1.807) is 6.20 Å². The van der Waals surface area contributed by atoms with Crippen molar-refractivity contribution in [2.75, 3.05) is 0 Å². The van der Waals surface area contributed by atoms with Crippen LogP contribution in [0.2, 0.25) is 0 Å². The maximum absolute atomic E-state index is 12.1. The molecule has 4 heteroatoms. The van der Waals surface area contributed by atoms with Crippen LogP contribution in [-0.2, 0) is 0 Å². The lowest BCUT2D eigenvalue weighted by atomic mass is 10.1. The Morgan fingerprint density at radius 1 is 1.35 bits per heavy atom. The Balaban J connectivity index is 1.96. The van der Waals surface area contributed by atoms with Gasteiger partial charge < -0.3 is 11.1 Å². The molecule has 0 aliphatic heterocycles. The highest BCUT2D eigenvalue weighted by molar-refractivity contribution is 6.06. The van der Waals surface area contributed by atoms with Crippen LogP contribution in [0.1, 0.15) is 16.8 Å². The molecule has 1 saturated carbocycles. The third-order valence-electron chi connectivity index (χ3n) is 3.05. The van der Waals surface area contributed by atoms with Gasteiger partial charge in [-0.3, -0.25) is 9.78 Å². The van der Waals surface area contributed by atoms with Crippen LogP contribution in [-0.4, -0.2) is 23.0 Å². The van der Waals surface area contributed by atoms with Crippen LogP contribution in [0.5, 0.6) is 0 Å². The first-order valence-electron chi connectivity index (χ1n) is 5.66. The van der Waals surface area contributed by atoms with E-state index in [-0.39, 0.29) is 18.0 Å². The van der Waals surface area contributed by atoms with Gasteiger partial charge in [-0.05, 0) is 24.6 Å². The monoisotopic (exact) mass is 227 g/mol. The summed E-state index contributed by atoms with van der Waals surface area (Å²) >= 11 is 0. The maximum atomic E-state index is 12.1. The molecular formula is C13H13N3O. The van der Waals surface area contributed by atoms with E-state index in [4.69, 9.17) is 5.73 Å². The zero-order chi connectivity index (χ0) is 11.8. The zero-order valence-corrected chi connectivity index (χ0v) is 9.26. The van der Waals surface area contributed by atoms with Gasteiger partial charge in [-0.15, -0.1) is 0 Å². The normalized spacial score (nSPS) is 22.4. The van der Waals surface area contributed by atoms with Gasteiger partial charge in [0.2, 0.25) is 0 Å². The number of rotatable bonds is 2. The minimum atomic E-state index is -0.0680. The van der Waals surface area contributed by atoms with E-state index in [9.17, 15) is 4.79 Å². The number of nitrogens with one attached hydrogen (secondary N) is 1. The molecule has 17 heavy (non-hydrogen) atoms. The van der Waals surface area contributed by atoms with Crippen molar-refractivity contribution in [3.63, 3.8) is 0 Å². The van der Waals surface area contributed by atoms with Crippen molar-refractivity contribution >= 4 is 16.8 Å². The Labute approximate surface area is 98.8 Å². The summed E-state index contributed by atoms with van der Waals surface area (Å²) in [6, 6.07) is 9.55. The molecule has 1 amide bonds. The lowest BCUT2D eigenvalue weighted by Crippen LogP contribution is -2.29. The molecule has 0 saturated heterocycles. The van der Waals surface area contributed by atoms with E-state index >= 15 is 0 Å². The molecule has 4 nitrogen and oxygen atoms in total. The predicted octanol–water partition coefficient (Wildman–Crippen LogP) is 1.06. The average Bonchev–Trinajstić information content (AvgIpc) is 3.04. The number of pyridine rings is 1. The van der Waals surface area contributed by atoms with E-state index in [0.717, 1.165) is 17.3 Å². The first-order valence-corrected chi connectivity index (χ1v) is 5.66. The number of carbonyl (C=O) groups is 1. The first kappa shape index (κ1) is 10.2. The average molecular weight is 227 g/mol. The van der Waals surface area contributed by atoms with Crippen molar-refractivity contribution in [2.45, 2.75) is 18.5 Å². The van der Waals surface area contributed by atoms with E-state index < -0.39 is 0 Å². The van der Waals surface area contributed by atoms with E-state index in [1.807, 2.05) is 30.3 Å². The second-order valence-electron chi connectivity index (χ2n) is 4.36. The molecule has 2 unspecified atom stereocenters. The van der Waals surface area contributed by atoms with Crippen molar-refractivity contribution in [3.8, 4) is 0 Å². The number of nitrogens with two attached hydrogens (primary N) is 1. The van der Waals surface area contributed by atoms with Gasteiger partial charge in [-0.2, -0.15) is 0 Å². The van der Waals surface area contributed by atoms with Gasteiger partial charge >= 0.3 is 0 Å².